The fourth-order valence-corrected chi connectivity index (χ4v) is 2.56. The Kier molecular flexibility index (Phi) is 3.29. The highest BCUT2D eigenvalue weighted by molar-refractivity contribution is 6.19. The zero-order valence-electron chi connectivity index (χ0n) is 12.4. The van der Waals surface area contributed by atoms with Crippen LogP contribution in [0.25, 0.3) is 0 Å². The lowest BCUT2D eigenvalue weighted by Gasteiger charge is -2.19. The Hall–Kier alpha value is -2.49. The highest BCUT2D eigenvalue weighted by Crippen LogP contribution is 2.27. The van der Waals surface area contributed by atoms with E-state index in [1.165, 1.54) is 0 Å². The molecule has 21 heavy (non-hydrogen) atoms. The number of carbonyl (C=O) groups excluding carboxylic acids is 1. The molecular formula is C17H17N3O. The normalized spacial score (nSPS) is 18.0. The molecule has 0 N–H and O–H groups in total. The second-order valence-electron chi connectivity index (χ2n) is 5.29. The SMILES string of the molecule is Cc1ccc2c(c1)C(c1ccccn1)=NC(C)C(=O)N2C. The molecule has 0 fully saturated rings. The summed E-state index contributed by atoms with van der Waals surface area (Å²) in [5.41, 5.74) is 4.53. The fourth-order valence-electron chi connectivity index (χ4n) is 2.56. The number of carbonyl (C=O) groups is 1. The van der Waals surface area contributed by atoms with Gasteiger partial charge in [0.2, 0.25) is 0 Å². The first-order chi connectivity index (χ1) is 10.1. The number of aromatic nitrogens is 1. The van der Waals surface area contributed by atoms with Gasteiger partial charge >= 0.3 is 0 Å². The molecule has 0 aliphatic carbocycles. The van der Waals surface area contributed by atoms with Crippen molar-refractivity contribution in [1.82, 2.24) is 4.98 Å². The van der Waals surface area contributed by atoms with E-state index in [1.54, 1.807) is 18.1 Å². The number of aliphatic imine (C=N–C) groups is 1. The molecule has 1 aliphatic rings. The quantitative estimate of drug-likeness (QED) is 0.805. The Balaban J connectivity index is 2.27. The molecule has 0 saturated heterocycles. The van der Waals surface area contributed by atoms with Crippen LogP contribution in [0, 0.1) is 6.92 Å². The second kappa shape index (κ2) is 5.13. The number of nitrogens with zero attached hydrogens (tertiary/aromatic N) is 3. The number of amides is 1. The van der Waals surface area contributed by atoms with Crippen LogP contribution in [0.1, 0.15) is 23.7 Å². The van der Waals surface area contributed by atoms with Crippen LogP contribution in [0.3, 0.4) is 0 Å². The van der Waals surface area contributed by atoms with Crippen molar-refractivity contribution in [2.45, 2.75) is 19.9 Å². The number of hydrogen-bond acceptors (Lipinski definition) is 3. The molecule has 0 saturated carbocycles. The number of pyridine rings is 1. The average molecular weight is 279 g/mol. The Morgan fingerprint density at radius 2 is 2.00 bits per heavy atom. The van der Waals surface area contributed by atoms with Crippen molar-refractivity contribution in [3.05, 3.63) is 59.4 Å². The molecule has 0 spiro atoms. The number of benzene rings is 1. The number of hydrogen-bond donors (Lipinski definition) is 0. The Labute approximate surface area is 124 Å². The van der Waals surface area contributed by atoms with Gasteiger partial charge in [-0.1, -0.05) is 17.7 Å². The lowest BCUT2D eigenvalue weighted by atomic mass is 10.0. The number of aryl methyl sites for hydroxylation is 1. The van der Waals surface area contributed by atoms with Crippen LogP contribution >= 0.6 is 0 Å². The maximum Gasteiger partial charge on any atom is 0.251 e. The summed E-state index contributed by atoms with van der Waals surface area (Å²) in [7, 11) is 1.80. The molecule has 3 rings (SSSR count). The fraction of sp³-hybridized carbons (Fsp3) is 0.235. The minimum Gasteiger partial charge on any atom is -0.313 e. The summed E-state index contributed by atoms with van der Waals surface area (Å²) < 4.78 is 0. The van der Waals surface area contributed by atoms with E-state index in [1.807, 2.05) is 44.2 Å². The standard InChI is InChI=1S/C17H17N3O/c1-11-7-8-15-13(10-11)16(14-6-4-5-9-18-14)19-12(2)17(21)20(15)3/h4-10,12H,1-3H3. The average Bonchev–Trinajstić information content (AvgIpc) is 2.59. The lowest BCUT2D eigenvalue weighted by Crippen LogP contribution is -2.32. The van der Waals surface area contributed by atoms with Gasteiger partial charge in [-0.25, -0.2) is 0 Å². The van der Waals surface area contributed by atoms with E-state index >= 15 is 0 Å². The van der Waals surface area contributed by atoms with E-state index in [0.717, 1.165) is 28.2 Å². The smallest absolute Gasteiger partial charge is 0.251 e. The largest absolute Gasteiger partial charge is 0.313 e. The Bertz CT molecular complexity index is 722. The first-order valence-electron chi connectivity index (χ1n) is 6.95. The first kappa shape index (κ1) is 13.5. The summed E-state index contributed by atoms with van der Waals surface area (Å²) in [5, 5.41) is 0. The van der Waals surface area contributed by atoms with E-state index in [0.29, 0.717) is 0 Å². The summed E-state index contributed by atoms with van der Waals surface area (Å²) >= 11 is 0. The maximum absolute atomic E-state index is 12.4. The molecular weight excluding hydrogens is 262 g/mol. The van der Waals surface area contributed by atoms with Crippen molar-refractivity contribution in [2.24, 2.45) is 4.99 Å². The maximum atomic E-state index is 12.4. The highest BCUT2D eigenvalue weighted by atomic mass is 16.2. The second-order valence-corrected chi connectivity index (χ2v) is 5.29. The minimum atomic E-state index is -0.417. The lowest BCUT2D eigenvalue weighted by molar-refractivity contribution is -0.119. The predicted octanol–water partition coefficient (Wildman–Crippen LogP) is 2.59. The van der Waals surface area contributed by atoms with Crippen molar-refractivity contribution in [2.75, 3.05) is 11.9 Å². The van der Waals surface area contributed by atoms with Gasteiger partial charge in [0.15, 0.2) is 0 Å². The van der Waals surface area contributed by atoms with E-state index in [4.69, 9.17) is 0 Å². The summed E-state index contributed by atoms with van der Waals surface area (Å²) in [6, 6.07) is 11.4. The molecule has 1 aromatic heterocycles. The molecule has 0 radical (unpaired) electrons. The van der Waals surface area contributed by atoms with Crippen molar-refractivity contribution >= 4 is 17.3 Å². The number of benzodiazepines with no additional fused rings is 1. The van der Waals surface area contributed by atoms with Crippen LogP contribution in [-0.4, -0.2) is 29.7 Å². The third kappa shape index (κ3) is 2.33. The van der Waals surface area contributed by atoms with Gasteiger partial charge in [-0.15, -0.1) is 0 Å². The molecule has 1 aromatic carbocycles. The van der Waals surface area contributed by atoms with Crippen molar-refractivity contribution in [3.8, 4) is 0 Å². The molecule has 1 atom stereocenters. The molecule has 4 nitrogen and oxygen atoms in total. The van der Waals surface area contributed by atoms with Crippen LogP contribution in [0.4, 0.5) is 5.69 Å². The summed E-state index contributed by atoms with van der Waals surface area (Å²) in [5.74, 6) is -0.00830. The zero-order chi connectivity index (χ0) is 15.0. The van der Waals surface area contributed by atoms with Gasteiger partial charge in [-0.05, 0) is 38.1 Å². The molecule has 2 heterocycles. The number of likely N-dealkylation sites (N-methyl/N-ethyl adjacent to an activating group) is 1. The van der Waals surface area contributed by atoms with Crippen LogP contribution in [0.5, 0.6) is 0 Å². The Morgan fingerprint density at radius 1 is 1.19 bits per heavy atom. The number of anilines is 1. The van der Waals surface area contributed by atoms with Crippen LogP contribution in [-0.2, 0) is 4.79 Å². The first-order valence-corrected chi connectivity index (χ1v) is 6.95. The number of rotatable bonds is 1. The van der Waals surface area contributed by atoms with Gasteiger partial charge in [0.25, 0.3) is 5.91 Å². The molecule has 1 unspecified atom stereocenters. The molecule has 1 aliphatic heterocycles. The zero-order valence-corrected chi connectivity index (χ0v) is 12.4. The molecule has 106 valence electrons. The van der Waals surface area contributed by atoms with Gasteiger partial charge in [0, 0.05) is 18.8 Å². The number of fused-ring (bicyclic) bond motifs is 1. The van der Waals surface area contributed by atoms with Crippen LogP contribution < -0.4 is 4.90 Å². The van der Waals surface area contributed by atoms with Crippen LogP contribution in [0.2, 0.25) is 0 Å². The van der Waals surface area contributed by atoms with E-state index in [-0.39, 0.29) is 5.91 Å². The van der Waals surface area contributed by atoms with Crippen molar-refractivity contribution in [1.29, 1.82) is 0 Å². The van der Waals surface area contributed by atoms with Crippen LogP contribution in [0.15, 0.2) is 47.6 Å². The van der Waals surface area contributed by atoms with Crippen molar-refractivity contribution in [3.63, 3.8) is 0 Å². The van der Waals surface area contributed by atoms with Gasteiger partial charge in [0.05, 0.1) is 17.1 Å². The van der Waals surface area contributed by atoms with E-state index in [9.17, 15) is 4.79 Å². The minimum absolute atomic E-state index is 0.00830. The highest BCUT2D eigenvalue weighted by Gasteiger charge is 2.27. The van der Waals surface area contributed by atoms with Gasteiger partial charge in [-0.3, -0.25) is 14.8 Å². The van der Waals surface area contributed by atoms with E-state index < -0.39 is 6.04 Å². The van der Waals surface area contributed by atoms with Gasteiger partial charge < -0.3 is 4.90 Å². The summed E-state index contributed by atoms with van der Waals surface area (Å²) in [6.07, 6.45) is 1.74. The molecule has 4 heteroatoms. The molecule has 0 bridgehead atoms. The predicted molar refractivity (Wildman–Crippen MR) is 83.9 cm³/mol. The monoisotopic (exact) mass is 279 g/mol. The van der Waals surface area contributed by atoms with Gasteiger partial charge in [-0.2, -0.15) is 0 Å². The summed E-state index contributed by atoms with van der Waals surface area (Å²) in [4.78, 5) is 23.1. The van der Waals surface area contributed by atoms with Crippen molar-refractivity contribution < 1.29 is 4.79 Å². The Morgan fingerprint density at radius 3 is 2.71 bits per heavy atom. The van der Waals surface area contributed by atoms with Gasteiger partial charge in [0.1, 0.15) is 6.04 Å². The molecule has 1 amide bonds. The topological polar surface area (TPSA) is 45.6 Å². The van der Waals surface area contributed by atoms with E-state index in [2.05, 4.69) is 16.0 Å². The molecule has 2 aromatic rings. The third-order valence-corrected chi connectivity index (χ3v) is 3.69. The third-order valence-electron chi connectivity index (χ3n) is 3.69. The summed E-state index contributed by atoms with van der Waals surface area (Å²) in [6.45, 7) is 3.85.